The second-order valence-electron chi connectivity index (χ2n) is 7.68. The van der Waals surface area contributed by atoms with E-state index in [1.807, 2.05) is 39.0 Å². The Morgan fingerprint density at radius 3 is 2.26 bits per heavy atom. The lowest BCUT2D eigenvalue weighted by atomic mass is 10.1. The number of fused-ring (bicyclic) bond motifs is 1. The van der Waals surface area contributed by atoms with Gasteiger partial charge in [-0.3, -0.25) is 9.10 Å². The van der Waals surface area contributed by atoms with Crippen LogP contribution in [0.4, 0.5) is 11.4 Å². The molecule has 4 rings (SSSR count). The summed E-state index contributed by atoms with van der Waals surface area (Å²) in [5.41, 5.74) is 3.94. The number of benzene rings is 3. The molecule has 31 heavy (non-hydrogen) atoms. The third kappa shape index (κ3) is 4.01. The van der Waals surface area contributed by atoms with Gasteiger partial charge in [-0.2, -0.15) is 0 Å². The quantitative estimate of drug-likeness (QED) is 0.665. The molecule has 1 N–H and O–H groups in total. The van der Waals surface area contributed by atoms with Crippen molar-refractivity contribution in [3.63, 3.8) is 0 Å². The van der Waals surface area contributed by atoms with E-state index in [4.69, 9.17) is 4.74 Å². The minimum absolute atomic E-state index is 0.121. The molecule has 1 amide bonds. The highest BCUT2D eigenvalue weighted by molar-refractivity contribution is 7.92. The lowest BCUT2D eigenvalue weighted by Crippen LogP contribution is -2.48. The molecule has 0 unspecified atom stereocenters. The van der Waals surface area contributed by atoms with Gasteiger partial charge in [-0.15, -0.1) is 0 Å². The Bertz CT molecular complexity index is 1220. The lowest BCUT2D eigenvalue weighted by Gasteiger charge is -2.34. The molecule has 0 spiro atoms. The summed E-state index contributed by atoms with van der Waals surface area (Å²) in [4.78, 5) is 13.2. The monoisotopic (exact) mass is 436 g/mol. The van der Waals surface area contributed by atoms with Crippen LogP contribution >= 0.6 is 0 Å². The van der Waals surface area contributed by atoms with Gasteiger partial charge in [-0.1, -0.05) is 48.0 Å². The molecule has 0 saturated heterocycles. The number of hydrogen-bond donors (Lipinski definition) is 1. The average Bonchev–Trinajstić information content (AvgIpc) is 2.75. The first-order chi connectivity index (χ1) is 14.8. The third-order valence-electron chi connectivity index (χ3n) is 5.37. The molecule has 1 aliphatic heterocycles. The maximum atomic E-state index is 13.4. The zero-order valence-electron chi connectivity index (χ0n) is 17.6. The van der Waals surface area contributed by atoms with Gasteiger partial charge < -0.3 is 10.1 Å². The van der Waals surface area contributed by atoms with Crippen molar-refractivity contribution in [1.82, 2.24) is 0 Å². The van der Waals surface area contributed by atoms with Crippen LogP contribution in [0.15, 0.2) is 71.6 Å². The van der Waals surface area contributed by atoms with Gasteiger partial charge in [-0.25, -0.2) is 8.42 Å². The number of nitrogens with zero attached hydrogens (tertiary/aromatic N) is 1. The fraction of sp³-hybridized carbons (Fsp3) is 0.208. The maximum Gasteiger partial charge on any atom is 0.267 e. The highest BCUT2D eigenvalue weighted by Crippen LogP contribution is 2.37. The molecule has 6 nitrogen and oxygen atoms in total. The molecule has 0 aliphatic carbocycles. The van der Waals surface area contributed by atoms with Crippen molar-refractivity contribution >= 4 is 27.3 Å². The molecule has 7 heteroatoms. The minimum Gasteiger partial charge on any atom is -0.476 e. The van der Waals surface area contributed by atoms with E-state index in [0.29, 0.717) is 17.1 Å². The van der Waals surface area contributed by atoms with E-state index in [1.165, 1.54) is 4.31 Å². The Morgan fingerprint density at radius 1 is 0.935 bits per heavy atom. The highest BCUT2D eigenvalue weighted by atomic mass is 32.2. The largest absolute Gasteiger partial charge is 0.476 e. The summed E-state index contributed by atoms with van der Waals surface area (Å²) < 4.78 is 34.0. The molecule has 0 saturated carbocycles. The Morgan fingerprint density at radius 2 is 1.58 bits per heavy atom. The van der Waals surface area contributed by atoms with Gasteiger partial charge in [0.25, 0.3) is 15.9 Å². The molecule has 3 aromatic rings. The number of ether oxygens (including phenoxy) is 1. The normalized spacial score (nSPS) is 15.7. The minimum atomic E-state index is -3.87. The number of carbonyl (C=O) groups is 1. The molecule has 1 atom stereocenters. The molecule has 1 aliphatic rings. The molecule has 160 valence electrons. The number of sulfonamides is 1. The van der Waals surface area contributed by atoms with Crippen LogP contribution in [0.1, 0.15) is 16.7 Å². The van der Waals surface area contributed by atoms with Crippen LogP contribution in [0.3, 0.4) is 0 Å². The topological polar surface area (TPSA) is 75.7 Å². The van der Waals surface area contributed by atoms with E-state index in [0.717, 1.165) is 16.7 Å². The summed E-state index contributed by atoms with van der Waals surface area (Å²) in [5.74, 6) is -0.0397. The number of rotatable bonds is 4. The van der Waals surface area contributed by atoms with E-state index in [-0.39, 0.29) is 11.4 Å². The van der Waals surface area contributed by atoms with Crippen LogP contribution in [0.5, 0.6) is 5.75 Å². The number of hydrogen-bond acceptors (Lipinski definition) is 4. The van der Waals surface area contributed by atoms with Crippen molar-refractivity contribution < 1.29 is 17.9 Å². The summed E-state index contributed by atoms with van der Waals surface area (Å²) >= 11 is 0. The molecule has 0 aromatic heterocycles. The van der Waals surface area contributed by atoms with Crippen LogP contribution in [-0.2, 0) is 14.8 Å². The zero-order chi connectivity index (χ0) is 22.2. The summed E-state index contributed by atoms with van der Waals surface area (Å²) in [6.45, 7) is 5.60. The third-order valence-corrected chi connectivity index (χ3v) is 7.16. The van der Waals surface area contributed by atoms with Crippen molar-refractivity contribution in [2.45, 2.75) is 31.8 Å². The number of aryl methyl sites for hydroxylation is 3. The Kier molecular flexibility index (Phi) is 5.45. The standard InChI is InChI=1S/C24H24N2O4S/c1-16-11-13-19(14-12-16)31(28,29)26-15-22(30-21-10-5-4-9-20(21)26)24(27)25-23-17(2)7-6-8-18(23)3/h4-14,22H,15H2,1-3H3,(H,25,27)/t22-/m1/s1. The van der Waals surface area contributed by atoms with E-state index >= 15 is 0 Å². The average molecular weight is 437 g/mol. The Labute approximate surface area is 182 Å². The molecule has 0 fully saturated rings. The fourth-order valence-corrected chi connectivity index (χ4v) is 5.10. The van der Waals surface area contributed by atoms with Crippen LogP contribution in [0, 0.1) is 20.8 Å². The lowest BCUT2D eigenvalue weighted by molar-refractivity contribution is -0.122. The number of anilines is 2. The van der Waals surface area contributed by atoms with Gasteiger partial charge in [0, 0.05) is 5.69 Å². The second-order valence-corrected chi connectivity index (χ2v) is 9.54. The molecular weight excluding hydrogens is 412 g/mol. The first-order valence-electron chi connectivity index (χ1n) is 9.99. The van der Waals surface area contributed by atoms with Gasteiger partial charge in [0.15, 0.2) is 6.10 Å². The van der Waals surface area contributed by atoms with Gasteiger partial charge in [0.1, 0.15) is 5.75 Å². The van der Waals surface area contributed by atoms with Gasteiger partial charge in [-0.05, 0) is 56.2 Å². The summed E-state index contributed by atoms with van der Waals surface area (Å²) in [6, 6.07) is 19.3. The van der Waals surface area contributed by atoms with Crippen molar-refractivity contribution in [2.75, 3.05) is 16.2 Å². The fourth-order valence-electron chi connectivity index (χ4n) is 3.62. The van der Waals surface area contributed by atoms with E-state index in [2.05, 4.69) is 5.32 Å². The van der Waals surface area contributed by atoms with Gasteiger partial charge >= 0.3 is 0 Å². The van der Waals surface area contributed by atoms with E-state index in [9.17, 15) is 13.2 Å². The molecule has 3 aromatic carbocycles. The van der Waals surface area contributed by atoms with Crippen LogP contribution in [0.25, 0.3) is 0 Å². The first-order valence-corrected chi connectivity index (χ1v) is 11.4. The van der Waals surface area contributed by atoms with Gasteiger partial charge in [0.05, 0.1) is 17.1 Å². The zero-order valence-corrected chi connectivity index (χ0v) is 18.4. The Balaban J connectivity index is 1.69. The van der Waals surface area contributed by atoms with Crippen LogP contribution in [-0.4, -0.2) is 27.0 Å². The number of amides is 1. The number of carbonyl (C=O) groups excluding carboxylic acids is 1. The van der Waals surface area contributed by atoms with E-state index < -0.39 is 22.0 Å². The van der Waals surface area contributed by atoms with Crippen molar-refractivity contribution in [3.8, 4) is 5.75 Å². The molecule has 0 radical (unpaired) electrons. The number of para-hydroxylation sites is 3. The highest BCUT2D eigenvalue weighted by Gasteiger charge is 2.37. The number of nitrogens with one attached hydrogen (secondary N) is 1. The molecule has 1 heterocycles. The summed E-state index contributed by atoms with van der Waals surface area (Å²) in [6.07, 6.45) is -0.992. The second kappa shape index (κ2) is 8.07. The molecular formula is C24H24N2O4S. The van der Waals surface area contributed by atoms with Crippen LogP contribution in [0.2, 0.25) is 0 Å². The van der Waals surface area contributed by atoms with Crippen molar-refractivity contribution in [3.05, 3.63) is 83.4 Å². The first kappa shape index (κ1) is 20.9. The smallest absolute Gasteiger partial charge is 0.267 e. The SMILES string of the molecule is Cc1ccc(S(=O)(=O)N2C[C@H](C(=O)Nc3c(C)cccc3C)Oc3ccccc32)cc1. The molecule has 0 bridgehead atoms. The Hall–Kier alpha value is -3.32. The van der Waals surface area contributed by atoms with Crippen LogP contribution < -0.4 is 14.4 Å². The predicted octanol–water partition coefficient (Wildman–Crippen LogP) is 4.21. The summed E-state index contributed by atoms with van der Waals surface area (Å²) in [5, 5.41) is 2.91. The predicted molar refractivity (Wildman–Crippen MR) is 121 cm³/mol. The van der Waals surface area contributed by atoms with Crippen molar-refractivity contribution in [1.29, 1.82) is 0 Å². The van der Waals surface area contributed by atoms with Crippen molar-refractivity contribution in [2.24, 2.45) is 0 Å². The van der Waals surface area contributed by atoms with E-state index in [1.54, 1.807) is 48.5 Å². The maximum absolute atomic E-state index is 13.4. The van der Waals surface area contributed by atoms with Gasteiger partial charge in [0.2, 0.25) is 0 Å². The summed E-state index contributed by atoms with van der Waals surface area (Å²) in [7, 11) is -3.87.